The minimum atomic E-state index is -1.85. The maximum atomic E-state index is 5.10. The Morgan fingerprint density at radius 3 is 1.15 bits per heavy atom. The second-order valence-electron chi connectivity index (χ2n) is 17.8. The number of rotatable bonds is 10. The Balaban J connectivity index is 1.41. The van der Waals surface area contributed by atoms with Crippen molar-refractivity contribution >= 4 is 43.6 Å². The van der Waals surface area contributed by atoms with Gasteiger partial charge in [0.25, 0.3) is 0 Å². The predicted molar refractivity (Wildman–Crippen MR) is 259 cm³/mol. The van der Waals surface area contributed by atoms with Gasteiger partial charge in [0.05, 0.1) is 33.2 Å². The van der Waals surface area contributed by atoms with E-state index in [1.54, 1.807) is 0 Å². The van der Waals surface area contributed by atoms with Crippen LogP contribution in [0.1, 0.15) is 11.1 Å². The highest BCUT2D eigenvalue weighted by molar-refractivity contribution is 6.89. The molecule has 0 radical (unpaired) electrons. The van der Waals surface area contributed by atoms with Crippen LogP contribution in [0.4, 0.5) is 17.1 Å². The molecule has 2 aromatic heterocycles. The molecule has 0 aliphatic heterocycles. The van der Waals surface area contributed by atoms with Crippen LogP contribution in [-0.4, -0.2) is 26.1 Å². The smallest absolute Gasteiger partial charge is 0.0777 e. The van der Waals surface area contributed by atoms with Crippen molar-refractivity contribution in [2.24, 2.45) is 0 Å². The average molecular weight is 800 g/mol. The third-order valence-electron chi connectivity index (χ3n) is 11.3. The number of anilines is 3. The van der Waals surface area contributed by atoms with Crippen molar-refractivity contribution in [3.63, 3.8) is 0 Å². The number of para-hydroxylation sites is 1. The van der Waals surface area contributed by atoms with E-state index in [-0.39, 0.29) is 0 Å². The third kappa shape index (κ3) is 8.54. The Kier molecular flexibility index (Phi) is 10.9. The first kappa shape index (κ1) is 39.7. The molecule has 0 bridgehead atoms. The van der Waals surface area contributed by atoms with E-state index in [1.807, 2.05) is 12.4 Å². The Labute approximate surface area is 353 Å². The summed E-state index contributed by atoms with van der Waals surface area (Å²) >= 11 is 0. The first-order valence-corrected chi connectivity index (χ1v) is 27.6. The van der Waals surface area contributed by atoms with E-state index in [2.05, 4.69) is 222 Å². The minimum absolute atomic E-state index is 0.973. The lowest BCUT2D eigenvalue weighted by molar-refractivity contribution is 1.25. The number of pyridine rings is 2. The van der Waals surface area contributed by atoms with Gasteiger partial charge in [-0.05, 0) is 95.3 Å². The monoisotopic (exact) mass is 799 g/mol. The van der Waals surface area contributed by atoms with Crippen molar-refractivity contribution in [1.29, 1.82) is 0 Å². The summed E-state index contributed by atoms with van der Waals surface area (Å²) in [6, 6.07) is 59.9. The number of aryl methyl sites for hydroxylation is 2. The Morgan fingerprint density at radius 2 is 0.746 bits per heavy atom. The fourth-order valence-electron chi connectivity index (χ4n) is 7.82. The summed E-state index contributed by atoms with van der Waals surface area (Å²) < 4.78 is 0. The SMILES string of the molecule is Cc1cnc(-c2cc(N(c3cc(-c4cc(-c5ccccc5)c(C)cn4)cc([Si](C)(C)C)c3)c3ccccc3-c3ccccc3)cc([Si](C)(C)C)c2)cc1-c1ccccc1. The van der Waals surface area contributed by atoms with Gasteiger partial charge in [0.2, 0.25) is 0 Å². The molecule has 0 saturated carbocycles. The van der Waals surface area contributed by atoms with Crippen molar-refractivity contribution < 1.29 is 0 Å². The molecule has 8 rings (SSSR count). The van der Waals surface area contributed by atoms with Crippen molar-refractivity contribution in [3.8, 4) is 55.9 Å². The van der Waals surface area contributed by atoms with Gasteiger partial charge in [-0.25, -0.2) is 0 Å². The molecule has 0 fully saturated rings. The van der Waals surface area contributed by atoms with Crippen LogP contribution in [0.3, 0.4) is 0 Å². The second-order valence-corrected chi connectivity index (χ2v) is 27.9. The molecule has 0 saturated heterocycles. The molecule has 0 unspecified atom stereocenters. The van der Waals surface area contributed by atoms with Crippen LogP contribution in [-0.2, 0) is 0 Å². The topological polar surface area (TPSA) is 29.0 Å². The van der Waals surface area contributed by atoms with Gasteiger partial charge in [-0.2, -0.15) is 0 Å². The van der Waals surface area contributed by atoms with E-state index in [0.717, 1.165) is 50.7 Å². The van der Waals surface area contributed by atoms with Crippen LogP contribution in [0.2, 0.25) is 39.3 Å². The van der Waals surface area contributed by atoms with Gasteiger partial charge < -0.3 is 4.90 Å². The molecule has 0 aliphatic carbocycles. The first-order valence-electron chi connectivity index (χ1n) is 20.6. The summed E-state index contributed by atoms with van der Waals surface area (Å²) in [7, 11) is -3.70. The zero-order valence-corrected chi connectivity index (χ0v) is 37.6. The van der Waals surface area contributed by atoms with Gasteiger partial charge >= 0.3 is 0 Å². The summed E-state index contributed by atoms with van der Waals surface area (Å²) in [6.45, 7) is 18.9. The van der Waals surface area contributed by atoms with Crippen LogP contribution in [0.5, 0.6) is 0 Å². The van der Waals surface area contributed by atoms with Crippen molar-refractivity contribution in [2.45, 2.75) is 53.1 Å². The highest BCUT2D eigenvalue weighted by Crippen LogP contribution is 2.43. The summed E-state index contributed by atoms with van der Waals surface area (Å²) in [5, 5.41) is 2.76. The Bertz CT molecular complexity index is 2600. The number of hydrogen-bond acceptors (Lipinski definition) is 3. The zero-order chi connectivity index (χ0) is 41.3. The molecule has 59 heavy (non-hydrogen) atoms. The molecular formula is C54H53N3Si2. The number of nitrogens with zero attached hydrogens (tertiary/aromatic N) is 3. The Morgan fingerprint density at radius 1 is 0.373 bits per heavy atom. The van der Waals surface area contributed by atoms with Crippen molar-refractivity contribution in [1.82, 2.24) is 9.97 Å². The van der Waals surface area contributed by atoms with Crippen LogP contribution >= 0.6 is 0 Å². The summed E-state index contributed by atoms with van der Waals surface area (Å²) in [6.07, 6.45) is 4.06. The van der Waals surface area contributed by atoms with Crippen molar-refractivity contribution in [3.05, 3.63) is 187 Å². The number of hydrogen-bond donors (Lipinski definition) is 0. The standard InChI is InChI=1S/C54H53N3Si2/c1-38-36-55-52(34-50(38)41-22-14-10-15-23-41)43-28-45(32-47(30-43)58(3,4)5)57(54-27-19-18-26-49(54)40-20-12-9-13-21-40)46-29-44(31-48(33-46)59(6,7)8)53-35-51(39(2)37-56-53)42-24-16-11-17-25-42/h9-37H,1-8H3. The maximum Gasteiger partial charge on any atom is 0.0777 e. The van der Waals surface area contributed by atoms with Gasteiger partial charge in [0.15, 0.2) is 0 Å². The summed E-state index contributed by atoms with van der Waals surface area (Å²) in [5.74, 6) is 0. The zero-order valence-electron chi connectivity index (χ0n) is 35.6. The molecular weight excluding hydrogens is 747 g/mol. The molecule has 0 aliphatic rings. The van der Waals surface area contributed by atoms with Crippen LogP contribution in [0.25, 0.3) is 55.9 Å². The van der Waals surface area contributed by atoms with E-state index >= 15 is 0 Å². The molecule has 8 aromatic rings. The van der Waals surface area contributed by atoms with E-state index in [9.17, 15) is 0 Å². The maximum absolute atomic E-state index is 5.10. The summed E-state index contributed by atoms with van der Waals surface area (Å²) in [4.78, 5) is 12.7. The molecule has 292 valence electrons. The van der Waals surface area contributed by atoms with Gasteiger partial charge in [0, 0.05) is 40.5 Å². The van der Waals surface area contributed by atoms with Crippen LogP contribution in [0.15, 0.2) is 176 Å². The van der Waals surface area contributed by atoms with Crippen LogP contribution < -0.4 is 15.3 Å². The fraction of sp³-hybridized carbons (Fsp3) is 0.148. The lowest BCUT2D eigenvalue weighted by atomic mass is 9.98. The van der Waals surface area contributed by atoms with Gasteiger partial charge in [0.1, 0.15) is 0 Å². The summed E-state index contributed by atoms with van der Waals surface area (Å²) in [5.41, 5.74) is 17.0. The molecule has 0 N–H and O–H groups in total. The molecule has 3 nitrogen and oxygen atoms in total. The average Bonchev–Trinajstić information content (AvgIpc) is 3.24. The normalized spacial score (nSPS) is 11.7. The van der Waals surface area contributed by atoms with Gasteiger partial charge in [-0.15, -0.1) is 0 Å². The van der Waals surface area contributed by atoms with Gasteiger partial charge in [-0.1, -0.05) is 171 Å². The molecule has 0 amide bonds. The van der Waals surface area contributed by atoms with E-state index in [4.69, 9.17) is 9.97 Å². The predicted octanol–water partition coefficient (Wildman–Crippen LogP) is 14.0. The van der Waals surface area contributed by atoms with Crippen LogP contribution in [0, 0.1) is 13.8 Å². The highest BCUT2D eigenvalue weighted by Gasteiger charge is 2.26. The van der Waals surface area contributed by atoms with Crippen molar-refractivity contribution in [2.75, 3.05) is 4.90 Å². The van der Waals surface area contributed by atoms with E-state index in [0.29, 0.717) is 0 Å². The molecule has 6 aromatic carbocycles. The highest BCUT2D eigenvalue weighted by atomic mass is 28.3. The molecule has 0 atom stereocenters. The Hall–Kier alpha value is -6.15. The number of aromatic nitrogens is 2. The minimum Gasteiger partial charge on any atom is -0.310 e. The fourth-order valence-corrected chi connectivity index (χ4v) is 10.2. The quantitative estimate of drug-likeness (QED) is 0.129. The largest absolute Gasteiger partial charge is 0.310 e. The lowest BCUT2D eigenvalue weighted by Gasteiger charge is -2.32. The third-order valence-corrected chi connectivity index (χ3v) is 15.3. The molecule has 0 spiro atoms. The number of benzene rings is 6. The molecule has 5 heteroatoms. The second kappa shape index (κ2) is 16.2. The molecule has 2 heterocycles. The van der Waals surface area contributed by atoms with Gasteiger partial charge in [-0.3, -0.25) is 9.97 Å². The van der Waals surface area contributed by atoms with E-state index in [1.165, 1.54) is 43.8 Å². The lowest BCUT2D eigenvalue weighted by Crippen LogP contribution is -2.38. The first-order chi connectivity index (χ1) is 28.3. The van der Waals surface area contributed by atoms with E-state index < -0.39 is 16.1 Å².